The molecule has 2 fully saturated rings. The third-order valence-corrected chi connectivity index (χ3v) is 7.45. The highest BCUT2D eigenvalue weighted by Gasteiger charge is 2.48. The lowest BCUT2D eigenvalue weighted by Crippen LogP contribution is -2.40. The molecular weight excluding hydrogens is 478 g/mol. The fourth-order valence-electron chi connectivity index (χ4n) is 5.53. The Hall–Kier alpha value is -3.83. The number of fused-ring (bicyclic) bond motifs is 1. The number of benzene rings is 2. The molecule has 1 aliphatic heterocycles. The first kappa shape index (κ1) is 22.6. The minimum absolute atomic E-state index is 0.313. The molecule has 36 heavy (non-hydrogen) atoms. The van der Waals surface area contributed by atoms with Crippen molar-refractivity contribution in [1.29, 1.82) is 5.26 Å². The highest BCUT2D eigenvalue weighted by Crippen LogP contribution is 2.41. The molecule has 8 nitrogen and oxygen atoms in total. The quantitative estimate of drug-likeness (QED) is 0.343. The number of imidazole rings is 1. The maximum Gasteiger partial charge on any atom is 0.410 e. The molecule has 0 bridgehead atoms. The highest BCUT2D eigenvalue weighted by molar-refractivity contribution is 6.30. The summed E-state index contributed by atoms with van der Waals surface area (Å²) in [5.41, 5.74) is 3.57. The molecule has 0 radical (unpaired) electrons. The van der Waals surface area contributed by atoms with Gasteiger partial charge in [0.2, 0.25) is 0 Å². The van der Waals surface area contributed by atoms with Gasteiger partial charge in [-0.05, 0) is 61.9 Å². The molecule has 2 aromatic carbocycles. The average molecular weight is 502 g/mol. The van der Waals surface area contributed by atoms with Crippen LogP contribution in [-0.4, -0.2) is 37.8 Å². The molecule has 0 N–H and O–H groups in total. The topological polar surface area (TPSA) is 97.2 Å². The van der Waals surface area contributed by atoms with Crippen molar-refractivity contribution in [2.24, 2.45) is 5.92 Å². The predicted molar refractivity (Wildman–Crippen MR) is 133 cm³/mol. The number of hydrogen-bond acceptors (Lipinski definition) is 6. The van der Waals surface area contributed by atoms with Crippen LogP contribution in [0.25, 0.3) is 22.3 Å². The summed E-state index contributed by atoms with van der Waals surface area (Å²) in [6.45, 7) is 1.62. The van der Waals surface area contributed by atoms with E-state index in [4.69, 9.17) is 20.9 Å². The van der Waals surface area contributed by atoms with Gasteiger partial charge in [0.05, 0.1) is 42.1 Å². The van der Waals surface area contributed by atoms with Gasteiger partial charge in [0, 0.05) is 23.2 Å². The fraction of sp³-hybridized carbons (Fsp3) is 0.333. The van der Waals surface area contributed by atoms with E-state index in [1.165, 1.54) is 0 Å². The fourth-order valence-corrected chi connectivity index (χ4v) is 5.66. The van der Waals surface area contributed by atoms with Crippen molar-refractivity contribution >= 4 is 28.7 Å². The number of carbonyl (C=O) groups excluding carboxylic acids is 1. The van der Waals surface area contributed by atoms with Crippen molar-refractivity contribution in [3.05, 3.63) is 71.2 Å². The van der Waals surface area contributed by atoms with Crippen LogP contribution in [0.2, 0.25) is 5.02 Å². The van der Waals surface area contributed by atoms with Gasteiger partial charge in [-0.25, -0.2) is 9.78 Å². The zero-order valence-corrected chi connectivity index (χ0v) is 20.3. The third kappa shape index (κ3) is 4.31. The minimum Gasteiger partial charge on any atom is -0.441 e. The van der Waals surface area contributed by atoms with Crippen LogP contribution in [0.15, 0.2) is 59.4 Å². The first-order valence-corrected chi connectivity index (χ1v) is 12.4. The monoisotopic (exact) mass is 501 g/mol. The molecule has 1 saturated heterocycles. The third-order valence-electron chi connectivity index (χ3n) is 7.20. The summed E-state index contributed by atoms with van der Waals surface area (Å²) in [5, 5.41) is 14.1. The van der Waals surface area contributed by atoms with Crippen molar-refractivity contribution < 1.29 is 14.1 Å². The lowest BCUT2D eigenvalue weighted by atomic mass is 9.78. The highest BCUT2D eigenvalue weighted by atomic mass is 35.5. The molecule has 1 spiro atoms. The van der Waals surface area contributed by atoms with Crippen LogP contribution in [0.4, 0.5) is 4.79 Å². The largest absolute Gasteiger partial charge is 0.441 e. The molecule has 1 aliphatic carbocycles. The van der Waals surface area contributed by atoms with Crippen molar-refractivity contribution in [3.8, 4) is 17.3 Å². The Balaban J connectivity index is 1.14. The molecule has 1 saturated carbocycles. The average Bonchev–Trinajstić information content (AvgIpc) is 3.58. The van der Waals surface area contributed by atoms with E-state index in [9.17, 15) is 10.1 Å². The van der Waals surface area contributed by atoms with Gasteiger partial charge in [-0.1, -0.05) is 28.9 Å². The molecule has 4 aromatic rings. The van der Waals surface area contributed by atoms with Gasteiger partial charge in [0.25, 0.3) is 0 Å². The smallest absolute Gasteiger partial charge is 0.410 e. The molecule has 6 rings (SSSR count). The molecule has 3 heterocycles. The Morgan fingerprint density at radius 1 is 1.19 bits per heavy atom. The van der Waals surface area contributed by atoms with Gasteiger partial charge in [0.15, 0.2) is 5.76 Å². The molecule has 2 aromatic heterocycles. The first-order valence-electron chi connectivity index (χ1n) is 12.0. The molecular formula is C27H24ClN5O3. The normalized spacial score (nSPS) is 21.7. The maximum atomic E-state index is 12.8. The minimum atomic E-state index is -0.493. The van der Waals surface area contributed by atoms with Crippen molar-refractivity contribution in [1.82, 2.24) is 19.6 Å². The summed E-state index contributed by atoms with van der Waals surface area (Å²) in [6.07, 6.45) is 5.21. The van der Waals surface area contributed by atoms with Crippen molar-refractivity contribution in [3.63, 3.8) is 0 Å². The maximum absolute atomic E-state index is 12.8. The van der Waals surface area contributed by atoms with E-state index < -0.39 is 5.60 Å². The van der Waals surface area contributed by atoms with Crippen LogP contribution >= 0.6 is 11.6 Å². The number of amides is 1. The van der Waals surface area contributed by atoms with Gasteiger partial charge >= 0.3 is 6.09 Å². The van der Waals surface area contributed by atoms with Crippen LogP contribution in [0.1, 0.15) is 37.0 Å². The summed E-state index contributed by atoms with van der Waals surface area (Å²) < 4.78 is 13.6. The van der Waals surface area contributed by atoms with Gasteiger partial charge in [-0.15, -0.1) is 0 Å². The number of rotatable bonds is 5. The Labute approximate surface area is 213 Å². The van der Waals surface area contributed by atoms with E-state index in [0.29, 0.717) is 41.0 Å². The molecule has 1 amide bonds. The number of nitriles is 1. The van der Waals surface area contributed by atoms with Gasteiger partial charge < -0.3 is 13.8 Å². The summed E-state index contributed by atoms with van der Waals surface area (Å²) in [7, 11) is 0. The van der Waals surface area contributed by atoms with Crippen LogP contribution in [0.3, 0.4) is 0 Å². The number of nitrogens with zero attached hydrogens (tertiary/aromatic N) is 5. The lowest BCUT2D eigenvalue weighted by molar-refractivity contribution is 0.00414. The standard InChI is InChI=1S/C27H24ClN5O3/c28-21-6-4-20(5-7-21)24-11-22(36-31-24)15-32-16-27(35-26(32)34)9-1-2-19(12-27)14-33-17-30-23-8-3-18(13-29)10-25(23)33/h3-8,10-11,17,19H,1-2,9,12,14-16H2. The molecule has 2 unspecified atom stereocenters. The number of hydrogen-bond donors (Lipinski definition) is 0. The van der Waals surface area contributed by atoms with E-state index in [1.54, 1.807) is 23.1 Å². The van der Waals surface area contributed by atoms with E-state index in [-0.39, 0.29) is 6.09 Å². The van der Waals surface area contributed by atoms with Crippen LogP contribution in [-0.2, 0) is 17.8 Å². The number of aromatic nitrogens is 3. The Morgan fingerprint density at radius 2 is 2.06 bits per heavy atom. The predicted octanol–water partition coefficient (Wildman–Crippen LogP) is 5.80. The van der Waals surface area contributed by atoms with Gasteiger partial charge in [-0.3, -0.25) is 4.90 Å². The van der Waals surface area contributed by atoms with Crippen molar-refractivity contribution in [2.45, 2.75) is 44.4 Å². The van der Waals surface area contributed by atoms with E-state index in [2.05, 4.69) is 20.8 Å². The molecule has 9 heteroatoms. The summed E-state index contributed by atoms with van der Waals surface area (Å²) in [4.78, 5) is 19.0. The molecule has 2 aliphatic rings. The van der Waals surface area contributed by atoms with Gasteiger partial charge in [-0.2, -0.15) is 5.26 Å². The van der Waals surface area contributed by atoms with E-state index in [0.717, 1.165) is 48.8 Å². The summed E-state index contributed by atoms with van der Waals surface area (Å²) >= 11 is 5.97. The Kier molecular flexibility index (Phi) is 5.65. The van der Waals surface area contributed by atoms with Crippen LogP contribution in [0.5, 0.6) is 0 Å². The number of ether oxygens (including phenoxy) is 1. The van der Waals surface area contributed by atoms with E-state index >= 15 is 0 Å². The Morgan fingerprint density at radius 3 is 2.89 bits per heavy atom. The van der Waals surface area contributed by atoms with Crippen LogP contribution in [0, 0.1) is 17.2 Å². The number of carbonyl (C=O) groups is 1. The van der Waals surface area contributed by atoms with E-state index in [1.807, 2.05) is 36.7 Å². The van der Waals surface area contributed by atoms with Crippen molar-refractivity contribution in [2.75, 3.05) is 6.54 Å². The first-order chi connectivity index (χ1) is 17.5. The van der Waals surface area contributed by atoms with Gasteiger partial charge in [0.1, 0.15) is 11.3 Å². The second-order valence-electron chi connectivity index (χ2n) is 9.77. The second-order valence-corrected chi connectivity index (χ2v) is 10.2. The zero-order chi connectivity index (χ0) is 24.7. The zero-order valence-electron chi connectivity index (χ0n) is 19.6. The molecule has 182 valence electrons. The Bertz CT molecular complexity index is 1470. The number of halogens is 1. The SMILES string of the molecule is N#Cc1ccc2ncn(CC3CCCC4(C3)CN(Cc3cc(-c5ccc(Cl)cc5)no3)C(=O)O4)c2c1. The lowest BCUT2D eigenvalue weighted by Gasteiger charge is -2.36. The second kappa shape index (κ2) is 8.99. The van der Waals surface area contributed by atoms with Crippen LogP contribution < -0.4 is 0 Å². The summed E-state index contributed by atoms with van der Waals surface area (Å²) in [6, 6.07) is 17.0. The molecule has 2 atom stereocenters. The summed E-state index contributed by atoms with van der Waals surface area (Å²) in [5.74, 6) is 0.955.